The van der Waals surface area contributed by atoms with Crippen LogP contribution in [0, 0.1) is 0 Å². The summed E-state index contributed by atoms with van der Waals surface area (Å²) < 4.78 is 34.5. The fourth-order valence-electron chi connectivity index (χ4n) is 14.1. The van der Waals surface area contributed by atoms with E-state index < -0.39 is 124 Å². The third kappa shape index (κ3) is 47.8. The first-order valence-corrected chi connectivity index (χ1v) is 43.6. The number of nitrogens with one attached hydrogen (secondary N) is 1. The third-order valence-corrected chi connectivity index (χ3v) is 21.1. The highest BCUT2D eigenvalue weighted by Crippen LogP contribution is 2.33. The van der Waals surface area contributed by atoms with E-state index >= 15 is 0 Å². The fraction of sp³-hybridized carbons (Fsp3) is 0.789. The van der Waals surface area contributed by atoms with E-state index in [9.17, 15) is 61.0 Å². The number of hydrogen-bond donors (Lipinski definition) is 12. The number of unbranched alkanes of at least 4 members (excludes halogenated alkanes) is 37. The Labute approximate surface area is 659 Å². The Morgan fingerprint density at radius 1 is 0.339 bits per heavy atom. The number of rotatable bonds is 69. The van der Waals surface area contributed by atoms with Crippen molar-refractivity contribution in [1.82, 2.24) is 5.32 Å². The first-order valence-electron chi connectivity index (χ1n) is 43.6. The summed E-state index contributed by atoms with van der Waals surface area (Å²) in [6.45, 7) is 1.63. The maximum atomic E-state index is 13.5. The van der Waals surface area contributed by atoms with Crippen molar-refractivity contribution in [2.24, 2.45) is 0 Å². The van der Waals surface area contributed by atoms with Crippen LogP contribution in [0.3, 0.4) is 0 Å². The van der Waals surface area contributed by atoms with Gasteiger partial charge in [-0.3, -0.25) is 4.79 Å². The van der Waals surface area contributed by atoms with Gasteiger partial charge in [0.25, 0.3) is 0 Å². The summed E-state index contributed by atoms with van der Waals surface area (Å²) in [6, 6.07) is -1.00. The first-order chi connectivity index (χ1) is 53.3. The van der Waals surface area contributed by atoms with Crippen LogP contribution in [0.5, 0.6) is 0 Å². The van der Waals surface area contributed by atoms with Gasteiger partial charge in [0, 0.05) is 6.42 Å². The van der Waals surface area contributed by atoms with Crippen LogP contribution in [0.2, 0.25) is 0 Å². The highest BCUT2D eigenvalue weighted by atomic mass is 16.8. The van der Waals surface area contributed by atoms with Gasteiger partial charge in [-0.15, -0.1) is 0 Å². The standard InChI is InChI=1S/C90H157NO18/c1-3-5-7-9-11-13-15-17-19-21-23-25-27-29-31-33-35-36-38-40-42-44-46-48-50-52-54-56-58-60-62-64-66-68-78(96)91-73(74(95)67-65-63-61-59-57-55-53-51-49-47-45-43-41-39-37-34-32-30-28-26-24-22-20-18-16-14-12-10-8-6-4-2)72-104-88-84(102)81(99)86(76(70-93)106-88)109-90-85(103)82(100)87(77(71-94)107-90)108-89-83(101)80(98)79(97)75(69-92)105-89/h5,7,11,13,17,19,23,25,29,31,35-36,40,42,57,59,65,67,73-77,79-90,92-95,97-103H,3-4,6,8-10,12,14-16,18,20-22,24,26-28,30,32-34,37-39,41,43-56,58,60-64,66,68-72H2,1-2H3,(H,91,96)/b7-5-,13-11-,19-17-,25-23-,31-29-,36-35-,42-40-,59-57+,67-65+. The lowest BCUT2D eigenvalue weighted by atomic mass is 9.96. The lowest BCUT2D eigenvalue weighted by Crippen LogP contribution is -2.66. The molecule has 19 nitrogen and oxygen atoms in total. The molecular formula is C90H157NO18. The summed E-state index contributed by atoms with van der Waals surface area (Å²) in [5.41, 5.74) is 0. The molecule has 3 aliphatic rings. The molecule has 630 valence electrons. The van der Waals surface area contributed by atoms with Crippen LogP contribution in [0.15, 0.2) is 109 Å². The van der Waals surface area contributed by atoms with Gasteiger partial charge in [0.05, 0.1) is 38.6 Å². The van der Waals surface area contributed by atoms with Crippen LogP contribution < -0.4 is 5.32 Å². The summed E-state index contributed by atoms with van der Waals surface area (Å²) in [7, 11) is 0. The molecule has 0 spiro atoms. The molecule has 3 saturated heterocycles. The van der Waals surface area contributed by atoms with Crippen LogP contribution in [0.4, 0.5) is 0 Å². The molecule has 0 aromatic carbocycles. The van der Waals surface area contributed by atoms with E-state index in [2.05, 4.69) is 116 Å². The SMILES string of the molecule is CC/C=C\C/C=C\C/C=C\C/C=C\C/C=C\C/C=C\C/C=C\CCCCCCCCCCCCCC(=O)NC(COC1OC(CO)C(OC2OC(CO)C(OC3OC(CO)C(O)C(O)C3O)C(O)C2O)C(O)C1O)C(O)/C=C/CC/C=C/CCCCCCCCCCCCCCCCCCCCCCCCCCC. The predicted octanol–water partition coefficient (Wildman–Crippen LogP) is 16.1. The summed E-state index contributed by atoms with van der Waals surface area (Å²) in [6.07, 6.45) is 69.4. The molecular weight excluding hydrogens is 1380 g/mol. The van der Waals surface area contributed by atoms with Crippen molar-refractivity contribution in [1.29, 1.82) is 0 Å². The topological polar surface area (TPSA) is 307 Å². The van der Waals surface area contributed by atoms with Gasteiger partial charge in [0.1, 0.15) is 73.2 Å². The van der Waals surface area contributed by atoms with Gasteiger partial charge in [-0.1, -0.05) is 335 Å². The number of aliphatic hydroxyl groups is 11. The van der Waals surface area contributed by atoms with Gasteiger partial charge in [-0.25, -0.2) is 0 Å². The molecule has 0 aromatic rings. The van der Waals surface area contributed by atoms with E-state index in [4.69, 9.17) is 28.4 Å². The molecule has 0 aromatic heterocycles. The molecule has 3 fully saturated rings. The number of ether oxygens (including phenoxy) is 6. The van der Waals surface area contributed by atoms with E-state index in [0.717, 1.165) is 96.3 Å². The largest absolute Gasteiger partial charge is 0.394 e. The molecule has 0 saturated carbocycles. The normalized spacial score (nSPS) is 25.8. The molecule has 3 rings (SSSR count). The van der Waals surface area contributed by atoms with Crippen LogP contribution in [-0.4, -0.2) is 193 Å². The molecule has 0 radical (unpaired) electrons. The molecule has 109 heavy (non-hydrogen) atoms. The van der Waals surface area contributed by atoms with Gasteiger partial charge in [0.15, 0.2) is 18.9 Å². The molecule has 17 unspecified atom stereocenters. The van der Waals surface area contributed by atoms with Crippen LogP contribution in [0.25, 0.3) is 0 Å². The summed E-state index contributed by atoms with van der Waals surface area (Å²) >= 11 is 0. The zero-order valence-electron chi connectivity index (χ0n) is 67.8. The molecule has 3 heterocycles. The molecule has 19 heteroatoms. The molecule has 12 N–H and O–H groups in total. The second-order valence-corrected chi connectivity index (χ2v) is 30.6. The Hall–Kier alpha value is -3.55. The fourth-order valence-corrected chi connectivity index (χ4v) is 14.1. The van der Waals surface area contributed by atoms with Gasteiger partial charge in [0.2, 0.25) is 5.91 Å². The van der Waals surface area contributed by atoms with Crippen molar-refractivity contribution >= 4 is 5.91 Å². The number of hydrogen-bond acceptors (Lipinski definition) is 18. The monoisotopic (exact) mass is 1540 g/mol. The first kappa shape index (κ1) is 99.6. The highest BCUT2D eigenvalue weighted by molar-refractivity contribution is 5.76. The predicted molar refractivity (Wildman–Crippen MR) is 438 cm³/mol. The van der Waals surface area contributed by atoms with Crippen molar-refractivity contribution in [3.8, 4) is 0 Å². The lowest BCUT2D eigenvalue weighted by Gasteiger charge is -2.48. The maximum absolute atomic E-state index is 13.5. The van der Waals surface area contributed by atoms with E-state index in [0.29, 0.717) is 12.8 Å². The molecule has 0 aliphatic carbocycles. The quantitative estimate of drug-likeness (QED) is 0.0199. The summed E-state index contributed by atoms with van der Waals surface area (Å²) in [5, 5.41) is 121. The Kier molecular flexibility index (Phi) is 62.9. The second-order valence-electron chi connectivity index (χ2n) is 30.6. The van der Waals surface area contributed by atoms with Crippen LogP contribution in [0.1, 0.15) is 322 Å². The van der Waals surface area contributed by atoms with E-state index in [1.807, 2.05) is 6.08 Å². The number of allylic oxidation sites excluding steroid dienone is 17. The van der Waals surface area contributed by atoms with Crippen molar-refractivity contribution in [2.45, 2.75) is 426 Å². The second kappa shape index (κ2) is 68.8. The number of carbonyl (C=O) groups is 1. The maximum Gasteiger partial charge on any atom is 0.220 e. The Morgan fingerprint density at radius 3 is 1.03 bits per heavy atom. The third-order valence-electron chi connectivity index (χ3n) is 21.1. The molecule has 0 bridgehead atoms. The summed E-state index contributed by atoms with van der Waals surface area (Å²) in [5.74, 6) is -0.290. The van der Waals surface area contributed by atoms with Crippen molar-refractivity contribution in [3.05, 3.63) is 109 Å². The van der Waals surface area contributed by atoms with Crippen LogP contribution in [-0.2, 0) is 33.2 Å². The Morgan fingerprint density at radius 2 is 0.642 bits per heavy atom. The molecule has 17 atom stereocenters. The van der Waals surface area contributed by atoms with E-state index in [-0.39, 0.29) is 18.9 Å². The minimum absolute atomic E-state index is 0.226. The number of aliphatic hydroxyl groups excluding tert-OH is 11. The zero-order chi connectivity index (χ0) is 78.8. The van der Waals surface area contributed by atoms with Crippen molar-refractivity contribution in [3.63, 3.8) is 0 Å². The van der Waals surface area contributed by atoms with Gasteiger partial charge >= 0.3 is 0 Å². The van der Waals surface area contributed by atoms with E-state index in [1.54, 1.807) is 6.08 Å². The number of amides is 1. The van der Waals surface area contributed by atoms with Crippen LogP contribution >= 0.6 is 0 Å². The van der Waals surface area contributed by atoms with E-state index in [1.165, 1.54) is 193 Å². The van der Waals surface area contributed by atoms with Gasteiger partial charge < -0.3 is 89.9 Å². The Balaban J connectivity index is 1.36. The van der Waals surface area contributed by atoms with Crippen molar-refractivity contribution in [2.75, 3.05) is 26.4 Å². The van der Waals surface area contributed by atoms with Gasteiger partial charge in [-0.05, 0) is 89.9 Å². The lowest BCUT2D eigenvalue weighted by molar-refractivity contribution is -0.379. The van der Waals surface area contributed by atoms with Gasteiger partial charge in [-0.2, -0.15) is 0 Å². The average Bonchev–Trinajstić information content (AvgIpc) is 0.782. The number of carbonyl (C=O) groups excluding carboxylic acids is 1. The minimum atomic E-state index is -1.99. The highest BCUT2D eigenvalue weighted by Gasteiger charge is 2.54. The smallest absolute Gasteiger partial charge is 0.220 e. The Bertz CT molecular complexity index is 2390. The average molecular weight is 1540 g/mol. The summed E-state index contributed by atoms with van der Waals surface area (Å²) in [4.78, 5) is 13.5. The molecule has 3 aliphatic heterocycles. The molecule has 1 amide bonds. The minimum Gasteiger partial charge on any atom is -0.394 e. The zero-order valence-corrected chi connectivity index (χ0v) is 67.8. The van der Waals surface area contributed by atoms with Crippen molar-refractivity contribution < 1.29 is 89.4 Å².